The van der Waals surface area contributed by atoms with E-state index in [0.717, 1.165) is 17.7 Å². The second-order valence-corrected chi connectivity index (χ2v) is 6.71. The van der Waals surface area contributed by atoms with Gasteiger partial charge in [-0.3, -0.25) is 4.79 Å². The topological polar surface area (TPSA) is 49.0 Å². The molecule has 0 spiro atoms. The summed E-state index contributed by atoms with van der Waals surface area (Å²) in [5, 5.41) is 0.617. The molecule has 0 atom stereocenters. The summed E-state index contributed by atoms with van der Waals surface area (Å²) in [7, 11) is 0. The van der Waals surface area contributed by atoms with E-state index in [9.17, 15) is 4.79 Å². The molecule has 4 heteroatoms. The first kappa shape index (κ1) is 17.0. The van der Waals surface area contributed by atoms with E-state index in [-0.39, 0.29) is 5.56 Å². The highest BCUT2D eigenvalue weighted by atomic mass is 16.1. The third-order valence-corrected chi connectivity index (χ3v) is 4.59. The van der Waals surface area contributed by atoms with Crippen LogP contribution in [0.1, 0.15) is 17.0 Å². The van der Waals surface area contributed by atoms with Gasteiger partial charge in [-0.1, -0.05) is 54.6 Å². The van der Waals surface area contributed by atoms with Crippen molar-refractivity contribution in [2.45, 2.75) is 20.0 Å². The van der Waals surface area contributed by atoms with Crippen LogP contribution in [0.15, 0.2) is 83.7 Å². The lowest BCUT2D eigenvalue weighted by atomic mass is 10.1. The molecule has 0 aliphatic carbocycles. The summed E-state index contributed by atoms with van der Waals surface area (Å²) >= 11 is 0. The summed E-state index contributed by atoms with van der Waals surface area (Å²) in [6.07, 6.45) is 0. The zero-order chi connectivity index (χ0) is 18.6. The van der Waals surface area contributed by atoms with Crippen LogP contribution in [0.4, 0.5) is 5.69 Å². The number of rotatable bonds is 5. The van der Waals surface area contributed by atoms with Crippen LogP contribution in [-0.2, 0) is 13.1 Å². The highest BCUT2D eigenvalue weighted by Crippen LogP contribution is 2.21. The second-order valence-electron chi connectivity index (χ2n) is 6.71. The number of fused-ring (bicyclic) bond motifs is 1. The molecule has 0 amide bonds. The van der Waals surface area contributed by atoms with E-state index < -0.39 is 0 Å². The average Bonchev–Trinajstić information content (AvgIpc) is 2.68. The van der Waals surface area contributed by atoms with Crippen LogP contribution >= 0.6 is 0 Å². The van der Waals surface area contributed by atoms with Crippen LogP contribution in [0.3, 0.4) is 0 Å². The van der Waals surface area contributed by atoms with E-state index in [1.165, 1.54) is 11.1 Å². The first-order chi connectivity index (χ1) is 13.2. The smallest absolute Gasteiger partial charge is 0.258 e. The number of nitrogens with one attached hydrogen (secondary N) is 1. The summed E-state index contributed by atoms with van der Waals surface area (Å²) in [4.78, 5) is 22.3. The highest BCUT2D eigenvalue weighted by Gasteiger charge is 2.12. The lowest BCUT2D eigenvalue weighted by Crippen LogP contribution is -2.25. The summed E-state index contributed by atoms with van der Waals surface area (Å²) < 4.78 is 0. The number of benzene rings is 3. The lowest BCUT2D eigenvalue weighted by Gasteiger charge is -2.25. The van der Waals surface area contributed by atoms with Crippen LogP contribution in [-0.4, -0.2) is 9.97 Å². The first-order valence-electron chi connectivity index (χ1n) is 9.02. The molecule has 0 unspecified atom stereocenters. The number of nitrogens with zero attached hydrogens (tertiary/aromatic N) is 2. The van der Waals surface area contributed by atoms with E-state index in [1.54, 1.807) is 6.07 Å². The number of aromatic nitrogens is 2. The lowest BCUT2D eigenvalue weighted by molar-refractivity contribution is 0.757. The zero-order valence-electron chi connectivity index (χ0n) is 15.2. The van der Waals surface area contributed by atoms with E-state index in [1.807, 2.05) is 36.4 Å². The normalized spacial score (nSPS) is 10.9. The van der Waals surface area contributed by atoms with Crippen LogP contribution < -0.4 is 10.5 Å². The largest absolute Gasteiger partial charge is 0.360 e. The average molecular weight is 355 g/mol. The van der Waals surface area contributed by atoms with Crippen molar-refractivity contribution in [3.8, 4) is 0 Å². The highest BCUT2D eigenvalue weighted by molar-refractivity contribution is 5.77. The Bertz CT molecular complexity index is 1120. The number of para-hydroxylation sites is 1. The van der Waals surface area contributed by atoms with Crippen molar-refractivity contribution in [3.63, 3.8) is 0 Å². The van der Waals surface area contributed by atoms with Crippen molar-refractivity contribution in [1.82, 2.24) is 9.97 Å². The Balaban J connectivity index is 1.71. The molecule has 0 saturated carbocycles. The maximum Gasteiger partial charge on any atom is 0.258 e. The minimum atomic E-state index is -0.0977. The predicted octanol–water partition coefficient (Wildman–Crippen LogP) is 4.44. The molecule has 1 aromatic heterocycles. The standard InChI is InChI=1S/C23H21N3O/c1-17-8-7-11-19(14-17)26(15-18-9-3-2-4-10-18)16-22-24-21-13-6-5-12-20(21)23(27)25-22/h2-14H,15-16H2,1H3,(H,24,25,27). The Kier molecular flexibility index (Phi) is 4.71. The third-order valence-electron chi connectivity index (χ3n) is 4.59. The molecule has 27 heavy (non-hydrogen) atoms. The van der Waals surface area contributed by atoms with Crippen molar-refractivity contribution in [2.24, 2.45) is 0 Å². The van der Waals surface area contributed by atoms with Gasteiger partial charge < -0.3 is 9.88 Å². The summed E-state index contributed by atoms with van der Waals surface area (Å²) in [6.45, 7) is 3.35. The number of hydrogen-bond donors (Lipinski definition) is 1. The third kappa shape index (κ3) is 3.90. The van der Waals surface area contributed by atoms with Gasteiger partial charge in [-0.2, -0.15) is 0 Å². The van der Waals surface area contributed by atoms with Crippen molar-refractivity contribution in [3.05, 3.63) is 106 Å². The molecule has 0 bridgehead atoms. The van der Waals surface area contributed by atoms with E-state index in [4.69, 9.17) is 0 Å². The molecule has 0 radical (unpaired) electrons. The van der Waals surface area contributed by atoms with Crippen LogP contribution in [0.2, 0.25) is 0 Å². The first-order valence-corrected chi connectivity index (χ1v) is 9.02. The van der Waals surface area contributed by atoms with Crippen molar-refractivity contribution in [1.29, 1.82) is 0 Å². The number of aromatic amines is 1. The Morgan fingerprint density at radius 1 is 0.889 bits per heavy atom. The number of aryl methyl sites for hydroxylation is 1. The zero-order valence-corrected chi connectivity index (χ0v) is 15.2. The molecule has 1 heterocycles. The number of H-pyrrole nitrogens is 1. The predicted molar refractivity (Wildman–Crippen MR) is 110 cm³/mol. The molecule has 4 aromatic rings. The second kappa shape index (κ2) is 7.46. The fourth-order valence-corrected chi connectivity index (χ4v) is 3.26. The minimum absolute atomic E-state index is 0.0977. The van der Waals surface area contributed by atoms with E-state index in [0.29, 0.717) is 17.8 Å². The number of anilines is 1. The van der Waals surface area contributed by atoms with Gasteiger partial charge in [-0.05, 0) is 42.3 Å². The maximum atomic E-state index is 12.4. The number of hydrogen-bond acceptors (Lipinski definition) is 3. The Morgan fingerprint density at radius 3 is 2.48 bits per heavy atom. The minimum Gasteiger partial charge on any atom is -0.360 e. The summed E-state index contributed by atoms with van der Waals surface area (Å²) in [5.74, 6) is 0.663. The van der Waals surface area contributed by atoms with Gasteiger partial charge in [0.25, 0.3) is 5.56 Å². The van der Waals surface area contributed by atoms with Crippen LogP contribution in [0.5, 0.6) is 0 Å². The van der Waals surface area contributed by atoms with Crippen molar-refractivity contribution < 1.29 is 0 Å². The summed E-state index contributed by atoms with van der Waals surface area (Å²) in [5.41, 5.74) is 4.14. The summed E-state index contributed by atoms with van der Waals surface area (Å²) in [6, 6.07) is 26.1. The SMILES string of the molecule is Cc1cccc(N(Cc2ccccc2)Cc2nc3ccccc3c(=O)[nH]2)c1. The fraction of sp³-hybridized carbons (Fsp3) is 0.130. The Hall–Kier alpha value is -3.40. The molecule has 4 nitrogen and oxygen atoms in total. The van der Waals surface area contributed by atoms with Crippen molar-refractivity contribution in [2.75, 3.05) is 4.90 Å². The Morgan fingerprint density at radius 2 is 1.67 bits per heavy atom. The fourth-order valence-electron chi connectivity index (χ4n) is 3.26. The van der Waals surface area contributed by atoms with E-state index >= 15 is 0 Å². The van der Waals surface area contributed by atoms with Gasteiger partial charge in [0.1, 0.15) is 5.82 Å². The molecule has 0 aliphatic heterocycles. The molecule has 0 saturated heterocycles. The van der Waals surface area contributed by atoms with Gasteiger partial charge >= 0.3 is 0 Å². The molecule has 134 valence electrons. The van der Waals surface area contributed by atoms with Gasteiger partial charge in [0.2, 0.25) is 0 Å². The molecular weight excluding hydrogens is 334 g/mol. The van der Waals surface area contributed by atoms with Gasteiger partial charge in [-0.15, -0.1) is 0 Å². The Labute approximate surface area is 158 Å². The van der Waals surface area contributed by atoms with Crippen molar-refractivity contribution >= 4 is 16.6 Å². The van der Waals surface area contributed by atoms with E-state index in [2.05, 4.69) is 58.2 Å². The van der Waals surface area contributed by atoms with Gasteiger partial charge in [0, 0.05) is 12.2 Å². The quantitative estimate of drug-likeness (QED) is 0.576. The maximum absolute atomic E-state index is 12.4. The molecule has 1 N–H and O–H groups in total. The molecule has 0 fully saturated rings. The van der Waals surface area contributed by atoms with Gasteiger partial charge in [0.05, 0.1) is 17.4 Å². The van der Waals surface area contributed by atoms with Crippen LogP contribution in [0, 0.1) is 6.92 Å². The molecule has 3 aromatic carbocycles. The van der Waals surface area contributed by atoms with Gasteiger partial charge in [0.15, 0.2) is 0 Å². The van der Waals surface area contributed by atoms with Crippen LogP contribution in [0.25, 0.3) is 10.9 Å². The molecule has 4 rings (SSSR count). The molecular formula is C23H21N3O. The monoisotopic (exact) mass is 355 g/mol. The molecule has 0 aliphatic rings. The van der Waals surface area contributed by atoms with Gasteiger partial charge in [-0.25, -0.2) is 4.98 Å².